The average molecular weight is 892 g/mol. The molecule has 0 amide bonds. The van der Waals surface area contributed by atoms with Gasteiger partial charge in [0.2, 0.25) is 0 Å². The second-order valence-electron chi connectivity index (χ2n) is 20.1. The Kier molecular flexibility index (Phi) is 50.1. The van der Waals surface area contributed by atoms with Gasteiger partial charge in [0.15, 0.2) is 6.10 Å². The van der Waals surface area contributed by atoms with Crippen molar-refractivity contribution < 1.29 is 28.6 Å². The van der Waals surface area contributed by atoms with E-state index < -0.39 is 6.10 Å². The summed E-state index contributed by atoms with van der Waals surface area (Å²) in [5.41, 5.74) is 0. The first kappa shape index (κ1) is 61.4. The fourth-order valence-corrected chi connectivity index (χ4v) is 8.75. The Balaban J connectivity index is 4.26. The molecule has 0 bridgehead atoms. The third kappa shape index (κ3) is 51.3. The molecule has 0 aliphatic rings. The summed E-state index contributed by atoms with van der Waals surface area (Å²) < 4.78 is 16.9. The van der Waals surface area contributed by atoms with Crippen molar-refractivity contribution in [3.63, 3.8) is 0 Å². The molecular formula is C57H110O6. The van der Waals surface area contributed by atoms with Crippen molar-refractivity contribution in [2.45, 2.75) is 329 Å². The highest BCUT2D eigenvalue weighted by atomic mass is 16.6. The lowest BCUT2D eigenvalue weighted by Gasteiger charge is -2.18. The zero-order chi connectivity index (χ0) is 45.9. The van der Waals surface area contributed by atoms with E-state index in [1.54, 1.807) is 0 Å². The molecule has 0 aromatic carbocycles. The zero-order valence-corrected chi connectivity index (χ0v) is 43.0. The first-order valence-corrected chi connectivity index (χ1v) is 28.4. The quantitative estimate of drug-likeness (QED) is 0.0344. The van der Waals surface area contributed by atoms with Gasteiger partial charge in [-0.25, -0.2) is 0 Å². The van der Waals surface area contributed by atoms with Gasteiger partial charge < -0.3 is 14.2 Å². The fraction of sp³-hybridized carbons (Fsp3) is 0.947. The molecule has 0 rings (SSSR count). The lowest BCUT2D eigenvalue weighted by atomic mass is 10.0. The minimum atomic E-state index is -0.761. The number of hydrogen-bond donors (Lipinski definition) is 0. The van der Waals surface area contributed by atoms with Crippen LogP contribution in [-0.2, 0) is 28.6 Å². The van der Waals surface area contributed by atoms with Crippen LogP contribution in [0.25, 0.3) is 0 Å². The lowest BCUT2D eigenvalue weighted by molar-refractivity contribution is -0.167. The molecule has 374 valence electrons. The normalized spacial score (nSPS) is 12.0. The number of carbonyl (C=O) groups excluding carboxylic acids is 3. The van der Waals surface area contributed by atoms with Crippen LogP contribution in [0.4, 0.5) is 0 Å². The predicted molar refractivity (Wildman–Crippen MR) is 270 cm³/mol. The Bertz CT molecular complexity index is 949. The third-order valence-electron chi connectivity index (χ3n) is 13.0. The molecule has 0 N–H and O–H groups in total. The summed E-state index contributed by atoms with van der Waals surface area (Å²) in [7, 11) is 0. The SMILES string of the molecule is CCCCCCCCCCCCCCCCCCCCCC(=O)O[C@@H](COC(=O)CCCCCCCCCCCCC)COC(=O)CCCCCCCCCCCCCCC(C)C. The number of carbonyl (C=O) groups is 3. The van der Waals surface area contributed by atoms with Gasteiger partial charge >= 0.3 is 17.9 Å². The summed E-state index contributed by atoms with van der Waals surface area (Å²) in [4.78, 5) is 38.0. The maximum Gasteiger partial charge on any atom is 0.306 e. The van der Waals surface area contributed by atoms with Crippen molar-refractivity contribution in [1.82, 2.24) is 0 Å². The van der Waals surface area contributed by atoms with Crippen LogP contribution in [0.15, 0.2) is 0 Å². The minimum Gasteiger partial charge on any atom is -0.462 e. The van der Waals surface area contributed by atoms with E-state index in [9.17, 15) is 14.4 Å². The maximum absolute atomic E-state index is 12.8. The summed E-state index contributed by atoms with van der Waals surface area (Å²) in [6.07, 6.45) is 55.2. The van der Waals surface area contributed by atoms with Crippen LogP contribution < -0.4 is 0 Å². The van der Waals surface area contributed by atoms with E-state index in [2.05, 4.69) is 27.7 Å². The third-order valence-corrected chi connectivity index (χ3v) is 13.0. The molecular weight excluding hydrogens is 781 g/mol. The van der Waals surface area contributed by atoms with Crippen molar-refractivity contribution in [2.75, 3.05) is 13.2 Å². The van der Waals surface area contributed by atoms with Crippen LogP contribution in [0.5, 0.6) is 0 Å². The second-order valence-corrected chi connectivity index (χ2v) is 20.1. The number of esters is 3. The molecule has 0 saturated carbocycles. The van der Waals surface area contributed by atoms with Gasteiger partial charge in [-0.2, -0.15) is 0 Å². The van der Waals surface area contributed by atoms with Crippen LogP contribution in [0, 0.1) is 5.92 Å². The Morgan fingerprint density at radius 1 is 0.302 bits per heavy atom. The molecule has 6 heteroatoms. The Labute approximate surface area is 393 Å². The smallest absolute Gasteiger partial charge is 0.306 e. The summed E-state index contributed by atoms with van der Waals surface area (Å²) in [5, 5.41) is 0. The standard InChI is InChI=1S/C57H110O6/c1-5-7-9-11-13-15-17-18-19-20-21-22-23-24-30-34-38-42-46-50-57(60)63-54(51-61-55(58)48-44-40-36-32-27-16-14-12-10-8-6-2)52-62-56(59)49-45-41-37-33-29-26-25-28-31-35-39-43-47-53(3)4/h53-54H,5-52H2,1-4H3/t54-/m0/s1. The van der Waals surface area contributed by atoms with Gasteiger partial charge in [-0.3, -0.25) is 14.4 Å². The van der Waals surface area contributed by atoms with E-state index >= 15 is 0 Å². The first-order valence-electron chi connectivity index (χ1n) is 28.4. The van der Waals surface area contributed by atoms with Crippen molar-refractivity contribution in [3.05, 3.63) is 0 Å². The summed E-state index contributed by atoms with van der Waals surface area (Å²) >= 11 is 0. The Hall–Kier alpha value is -1.59. The molecule has 0 saturated heterocycles. The van der Waals surface area contributed by atoms with Gasteiger partial charge in [0.25, 0.3) is 0 Å². The summed E-state index contributed by atoms with van der Waals surface area (Å²) in [5.74, 6) is -0.00472. The molecule has 0 heterocycles. The zero-order valence-electron chi connectivity index (χ0n) is 43.0. The molecule has 0 radical (unpaired) electrons. The molecule has 0 aromatic rings. The second kappa shape index (κ2) is 51.4. The molecule has 1 atom stereocenters. The van der Waals surface area contributed by atoms with E-state index in [4.69, 9.17) is 14.2 Å². The van der Waals surface area contributed by atoms with Gasteiger partial charge in [0, 0.05) is 19.3 Å². The predicted octanol–water partition coefficient (Wildman–Crippen LogP) is 18.6. The highest BCUT2D eigenvalue weighted by Crippen LogP contribution is 2.18. The van der Waals surface area contributed by atoms with Crippen LogP contribution in [-0.4, -0.2) is 37.2 Å². The molecule has 0 unspecified atom stereocenters. The summed E-state index contributed by atoms with van der Waals surface area (Å²) in [6, 6.07) is 0. The number of ether oxygens (including phenoxy) is 3. The molecule has 0 fully saturated rings. The number of hydrogen-bond acceptors (Lipinski definition) is 6. The van der Waals surface area contributed by atoms with Crippen molar-refractivity contribution in [1.29, 1.82) is 0 Å². The van der Waals surface area contributed by atoms with E-state index in [-0.39, 0.29) is 31.1 Å². The minimum absolute atomic E-state index is 0.0623. The molecule has 0 aliphatic carbocycles. The van der Waals surface area contributed by atoms with E-state index in [0.29, 0.717) is 19.3 Å². The highest BCUT2D eigenvalue weighted by molar-refractivity contribution is 5.71. The van der Waals surface area contributed by atoms with E-state index in [1.165, 1.54) is 218 Å². The van der Waals surface area contributed by atoms with Gasteiger partial charge in [0.05, 0.1) is 0 Å². The largest absolute Gasteiger partial charge is 0.462 e. The van der Waals surface area contributed by atoms with Crippen LogP contribution in [0.1, 0.15) is 323 Å². The Morgan fingerprint density at radius 3 is 0.778 bits per heavy atom. The van der Waals surface area contributed by atoms with Gasteiger partial charge in [-0.15, -0.1) is 0 Å². The molecule has 0 spiro atoms. The average Bonchev–Trinajstić information content (AvgIpc) is 3.27. The van der Waals surface area contributed by atoms with Crippen LogP contribution in [0.2, 0.25) is 0 Å². The Morgan fingerprint density at radius 2 is 0.524 bits per heavy atom. The molecule has 63 heavy (non-hydrogen) atoms. The van der Waals surface area contributed by atoms with Crippen LogP contribution in [0.3, 0.4) is 0 Å². The van der Waals surface area contributed by atoms with Crippen LogP contribution >= 0.6 is 0 Å². The topological polar surface area (TPSA) is 78.9 Å². The van der Waals surface area contributed by atoms with E-state index in [0.717, 1.165) is 63.7 Å². The number of unbranched alkanes of at least 4 members (excludes halogenated alkanes) is 39. The van der Waals surface area contributed by atoms with Gasteiger partial charge in [0.1, 0.15) is 13.2 Å². The van der Waals surface area contributed by atoms with E-state index in [1.807, 2.05) is 0 Å². The maximum atomic E-state index is 12.8. The highest BCUT2D eigenvalue weighted by Gasteiger charge is 2.19. The molecule has 6 nitrogen and oxygen atoms in total. The summed E-state index contributed by atoms with van der Waals surface area (Å²) in [6.45, 7) is 9.05. The number of rotatable bonds is 52. The molecule has 0 aromatic heterocycles. The molecule has 0 aliphatic heterocycles. The van der Waals surface area contributed by atoms with Gasteiger partial charge in [-0.1, -0.05) is 285 Å². The van der Waals surface area contributed by atoms with Crippen molar-refractivity contribution >= 4 is 17.9 Å². The van der Waals surface area contributed by atoms with Crippen molar-refractivity contribution in [3.8, 4) is 0 Å². The first-order chi connectivity index (χ1) is 30.9. The fourth-order valence-electron chi connectivity index (χ4n) is 8.75. The van der Waals surface area contributed by atoms with Crippen molar-refractivity contribution in [2.24, 2.45) is 5.92 Å². The monoisotopic (exact) mass is 891 g/mol. The van der Waals surface area contributed by atoms with Gasteiger partial charge in [-0.05, 0) is 25.2 Å². The lowest BCUT2D eigenvalue weighted by Crippen LogP contribution is -2.30.